The topological polar surface area (TPSA) is 35.2 Å². The van der Waals surface area contributed by atoms with Crippen molar-refractivity contribution >= 4 is 34.8 Å². The molecule has 2 N–H and O–H groups in total. The molecular formula is C14H12Cl3NO. The molecule has 100 valence electrons. The maximum Gasteiger partial charge on any atom is 0.138 e. The van der Waals surface area contributed by atoms with Crippen molar-refractivity contribution < 1.29 is 4.74 Å². The van der Waals surface area contributed by atoms with Crippen LogP contribution >= 0.6 is 34.8 Å². The normalized spacial score (nSPS) is 10.5. The number of nitrogens with two attached hydrogens (primary N) is 1. The second-order valence-electron chi connectivity index (χ2n) is 3.99. The summed E-state index contributed by atoms with van der Waals surface area (Å²) in [4.78, 5) is 0. The van der Waals surface area contributed by atoms with Gasteiger partial charge in [0.1, 0.15) is 12.4 Å². The minimum absolute atomic E-state index is 0.338. The largest absolute Gasteiger partial charge is 0.487 e. The Kier molecular flexibility index (Phi) is 4.94. The van der Waals surface area contributed by atoms with Crippen molar-refractivity contribution in [2.45, 2.75) is 13.2 Å². The number of halogens is 3. The lowest BCUT2D eigenvalue weighted by atomic mass is 10.1. The van der Waals surface area contributed by atoms with E-state index in [1.54, 1.807) is 18.2 Å². The lowest BCUT2D eigenvalue weighted by molar-refractivity contribution is 0.306. The van der Waals surface area contributed by atoms with Crippen molar-refractivity contribution in [1.82, 2.24) is 0 Å². The van der Waals surface area contributed by atoms with Gasteiger partial charge in [-0.2, -0.15) is 0 Å². The molecule has 0 bridgehead atoms. The Hall–Kier alpha value is -0.930. The molecule has 0 amide bonds. The highest BCUT2D eigenvalue weighted by atomic mass is 35.5. The quantitative estimate of drug-likeness (QED) is 0.888. The van der Waals surface area contributed by atoms with Crippen LogP contribution in [-0.2, 0) is 13.2 Å². The zero-order valence-electron chi connectivity index (χ0n) is 10.00. The summed E-state index contributed by atoms with van der Waals surface area (Å²) < 4.78 is 5.63. The van der Waals surface area contributed by atoms with E-state index in [-0.39, 0.29) is 0 Å². The molecule has 19 heavy (non-hydrogen) atoms. The molecule has 2 nitrogen and oxygen atoms in total. The third-order valence-electron chi connectivity index (χ3n) is 2.63. The molecule has 0 aliphatic carbocycles. The fourth-order valence-corrected chi connectivity index (χ4v) is 2.30. The molecular weight excluding hydrogens is 305 g/mol. The van der Waals surface area contributed by atoms with Gasteiger partial charge in [0.05, 0.1) is 5.02 Å². The zero-order valence-corrected chi connectivity index (χ0v) is 12.3. The van der Waals surface area contributed by atoms with Gasteiger partial charge < -0.3 is 10.5 Å². The molecule has 5 heteroatoms. The first-order valence-corrected chi connectivity index (χ1v) is 6.79. The molecule has 2 rings (SSSR count). The Labute approximate surface area is 127 Å². The molecule has 2 aromatic rings. The first-order chi connectivity index (χ1) is 9.10. The summed E-state index contributed by atoms with van der Waals surface area (Å²) in [6, 6.07) is 10.7. The highest BCUT2D eigenvalue weighted by Gasteiger charge is 2.06. The van der Waals surface area contributed by atoms with E-state index in [1.807, 2.05) is 18.2 Å². The SMILES string of the molecule is NCc1ccc(COc2ccc(Cl)cc2Cl)c(Cl)c1. The minimum Gasteiger partial charge on any atom is -0.487 e. The number of rotatable bonds is 4. The average molecular weight is 317 g/mol. The van der Waals surface area contributed by atoms with Crippen molar-refractivity contribution in [1.29, 1.82) is 0 Å². The molecule has 0 unspecified atom stereocenters. The Morgan fingerprint density at radius 2 is 1.74 bits per heavy atom. The molecule has 0 aliphatic heterocycles. The predicted molar refractivity (Wildman–Crippen MR) is 80.1 cm³/mol. The van der Waals surface area contributed by atoms with Crippen LogP contribution in [0.15, 0.2) is 36.4 Å². The van der Waals surface area contributed by atoms with Crippen LogP contribution in [0.25, 0.3) is 0 Å². The number of hydrogen-bond donors (Lipinski definition) is 1. The van der Waals surface area contributed by atoms with Gasteiger partial charge in [-0.15, -0.1) is 0 Å². The first-order valence-electron chi connectivity index (χ1n) is 5.65. The van der Waals surface area contributed by atoms with Gasteiger partial charge in [-0.3, -0.25) is 0 Å². The molecule has 0 spiro atoms. The van der Waals surface area contributed by atoms with Gasteiger partial charge in [0.15, 0.2) is 0 Å². The lowest BCUT2D eigenvalue weighted by Gasteiger charge is -2.10. The molecule has 0 radical (unpaired) electrons. The van der Waals surface area contributed by atoms with Gasteiger partial charge in [-0.1, -0.05) is 46.9 Å². The average Bonchev–Trinajstić information content (AvgIpc) is 2.39. The van der Waals surface area contributed by atoms with Gasteiger partial charge >= 0.3 is 0 Å². The van der Waals surface area contributed by atoms with Gasteiger partial charge in [0, 0.05) is 22.2 Å². The van der Waals surface area contributed by atoms with Crippen molar-refractivity contribution in [3.05, 3.63) is 62.6 Å². The van der Waals surface area contributed by atoms with E-state index in [9.17, 15) is 0 Å². The minimum atomic E-state index is 0.338. The summed E-state index contributed by atoms with van der Waals surface area (Å²) in [6.07, 6.45) is 0. The van der Waals surface area contributed by atoms with Crippen LogP contribution < -0.4 is 10.5 Å². The Morgan fingerprint density at radius 1 is 0.947 bits per heavy atom. The van der Waals surface area contributed by atoms with Crippen molar-refractivity contribution in [2.24, 2.45) is 5.73 Å². The third-order valence-corrected chi connectivity index (χ3v) is 3.51. The Morgan fingerprint density at radius 3 is 2.37 bits per heavy atom. The van der Waals surface area contributed by atoms with Gasteiger partial charge in [-0.25, -0.2) is 0 Å². The van der Waals surface area contributed by atoms with E-state index < -0.39 is 0 Å². The summed E-state index contributed by atoms with van der Waals surface area (Å²) in [5, 5.41) is 1.68. The van der Waals surface area contributed by atoms with Gasteiger partial charge in [0.2, 0.25) is 0 Å². The van der Waals surface area contributed by atoms with E-state index in [0.717, 1.165) is 11.1 Å². The van der Waals surface area contributed by atoms with E-state index >= 15 is 0 Å². The second-order valence-corrected chi connectivity index (χ2v) is 5.24. The Bertz CT molecular complexity index is 587. The van der Waals surface area contributed by atoms with Gasteiger partial charge in [0.25, 0.3) is 0 Å². The summed E-state index contributed by atoms with van der Waals surface area (Å²) in [6.45, 7) is 0.801. The molecule has 0 aromatic heterocycles. The highest BCUT2D eigenvalue weighted by molar-refractivity contribution is 6.35. The predicted octanol–water partition coefficient (Wildman–Crippen LogP) is 4.68. The van der Waals surface area contributed by atoms with Crippen molar-refractivity contribution in [2.75, 3.05) is 0 Å². The zero-order chi connectivity index (χ0) is 13.8. The lowest BCUT2D eigenvalue weighted by Crippen LogP contribution is -2.00. The fourth-order valence-electron chi connectivity index (χ4n) is 1.58. The first kappa shape index (κ1) is 14.5. The standard InChI is InChI=1S/C14H12Cl3NO/c15-11-3-4-14(13(17)6-11)19-8-10-2-1-9(7-18)5-12(10)16/h1-6H,7-8,18H2. The summed E-state index contributed by atoms with van der Waals surface area (Å²) in [5.41, 5.74) is 7.41. The molecule has 0 atom stereocenters. The van der Waals surface area contributed by atoms with E-state index in [1.165, 1.54) is 0 Å². The van der Waals surface area contributed by atoms with Crippen LogP contribution in [0.3, 0.4) is 0 Å². The molecule has 0 heterocycles. The number of ether oxygens (including phenoxy) is 1. The van der Waals surface area contributed by atoms with Gasteiger partial charge in [-0.05, 0) is 29.8 Å². The third kappa shape index (κ3) is 3.77. The number of benzene rings is 2. The van der Waals surface area contributed by atoms with E-state index in [2.05, 4.69) is 0 Å². The van der Waals surface area contributed by atoms with Crippen LogP contribution in [0.2, 0.25) is 15.1 Å². The Balaban J connectivity index is 2.10. The summed E-state index contributed by atoms with van der Waals surface area (Å²) in [7, 11) is 0. The monoisotopic (exact) mass is 315 g/mol. The maximum atomic E-state index is 6.15. The number of hydrogen-bond acceptors (Lipinski definition) is 2. The fraction of sp³-hybridized carbons (Fsp3) is 0.143. The smallest absolute Gasteiger partial charge is 0.138 e. The highest BCUT2D eigenvalue weighted by Crippen LogP contribution is 2.29. The van der Waals surface area contributed by atoms with Crippen LogP contribution in [0.5, 0.6) is 5.75 Å². The van der Waals surface area contributed by atoms with E-state index in [4.69, 9.17) is 45.3 Å². The van der Waals surface area contributed by atoms with Crippen LogP contribution in [0.4, 0.5) is 0 Å². The summed E-state index contributed by atoms with van der Waals surface area (Å²) in [5.74, 6) is 0.574. The van der Waals surface area contributed by atoms with Crippen molar-refractivity contribution in [3.63, 3.8) is 0 Å². The molecule has 2 aromatic carbocycles. The summed E-state index contributed by atoms with van der Waals surface area (Å²) >= 11 is 18.0. The molecule has 0 saturated heterocycles. The molecule has 0 fully saturated rings. The van der Waals surface area contributed by atoms with Crippen LogP contribution in [0.1, 0.15) is 11.1 Å². The van der Waals surface area contributed by atoms with Crippen molar-refractivity contribution in [3.8, 4) is 5.75 Å². The maximum absolute atomic E-state index is 6.15. The van der Waals surface area contributed by atoms with E-state index in [0.29, 0.717) is 34.0 Å². The molecule has 0 saturated carbocycles. The molecule has 0 aliphatic rings. The second kappa shape index (κ2) is 6.49. The van der Waals surface area contributed by atoms with Crippen LogP contribution in [0, 0.1) is 0 Å². The van der Waals surface area contributed by atoms with Crippen LogP contribution in [-0.4, -0.2) is 0 Å².